The number of benzene rings is 1. The van der Waals surface area contributed by atoms with Crippen LogP contribution in [0, 0.1) is 11.3 Å². The van der Waals surface area contributed by atoms with Gasteiger partial charge >= 0.3 is 0 Å². The number of methoxy groups -OCH3 is 1. The van der Waals surface area contributed by atoms with E-state index in [1.807, 2.05) is 6.07 Å². The molecular weight excluding hydrogens is 342 g/mol. The van der Waals surface area contributed by atoms with Gasteiger partial charge in [-0.05, 0) is 12.1 Å². The van der Waals surface area contributed by atoms with E-state index in [0.29, 0.717) is 37.4 Å². The number of sulfone groups is 1. The number of fused-ring (bicyclic) bond motifs is 1. The lowest BCUT2D eigenvalue weighted by atomic mass is 10.0. The third-order valence-electron chi connectivity index (χ3n) is 4.91. The number of hydrogen-bond acceptors (Lipinski definition) is 6. The van der Waals surface area contributed by atoms with Crippen molar-refractivity contribution in [2.24, 2.45) is 0 Å². The van der Waals surface area contributed by atoms with Crippen molar-refractivity contribution >= 4 is 15.7 Å². The molecule has 0 saturated carbocycles. The molecule has 2 fully saturated rings. The first-order valence-corrected chi connectivity index (χ1v) is 10.0. The van der Waals surface area contributed by atoms with E-state index in [0.717, 1.165) is 0 Å². The quantitative estimate of drug-likeness (QED) is 0.755. The fourth-order valence-electron chi connectivity index (χ4n) is 3.68. The molecule has 0 N–H and O–H groups in total. The maximum atomic E-state index is 13.0. The molecule has 2 heterocycles. The van der Waals surface area contributed by atoms with Crippen LogP contribution in [-0.2, 0) is 14.6 Å². The summed E-state index contributed by atoms with van der Waals surface area (Å²) in [5.74, 6) is -0.234. The van der Waals surface area contributed by atoms with Crippen molar-refractivity contribution in [3.63, 3.8) is 0 Å². The van der Waals surface area contributed by atoms with Crippen LogP contribution in [0.3, 0.4) is 0 Å². The summed E-state index contributed by atoms with van der Waals surface area (Å²) in [6.45, 7) is 2.21. The molecule has 0 radical (unpaired) electrons. The first-order chi connectivity index (χ1) is 12.0. The van der Waals surface area contributed by atoms with Gasteiger partial charge in [-0.2, -0.15) is 5.26 Å². The summed E-state index contributed by atoms with van der Waals surface area (Å²) in [6, 6.07) is 8.09. The summed E-state index contributed by atoms with van der Waals surface area (Å²) >= 11 is 0. The van der Waals surface area contributed by atoms with Crippen LogP contribution in [-0.4, -0.2) is 81.1 Å². The summed E-state index contributed by atoms with van der Waals surface area (Å²) in [4.78, 5) is 16.7. The SMILES string of the molecule is COCCN1CCN(C(=O)c2ccccc2C#N)C2CS(=O)(=O)CC21. The van der Waals surface area contributed by atoms with Crippen LogP contribution < -0.4 is 0 Å². The molecule has 0 aromatic heterocycles. The number of carbonyl (C=O) groups is 1. The normalized spacial score (nSPS) is 25.4. The zero-order chi connectivity index (χ0) is 18.0. The van der Waals surface area contributed by atoms with Crippen molar-refractivity contribution in [3.8, 4) is 6.07 Å². The van der Waals surface area contributed by atoms with Crippen LogP contribution in [0.2, 0.25) is 0 Å². The Morgan fingerprint density at radius 2 is 2.00 bits per heavy atom. The van der Waals surface area contributed by atoms with Gasteiger partial charge in [0.1, 0.15) is 0 Å². The van der Waals surface area contributed by atoms with Crippen LogP contribution in [0.5, 0.6) is 0 Å². The van der Waals surface area contributed by atoms with Gasteiger partial charge in [0, 0.05) is 32.8 Å². The standard InChI is InChI=1S/C17H21N3O4S/c1-24-9-8-19-6-7-20(16-12-25(22,23)11-15(16)19)17(21)14-5-3-2-4-13(14)10-18/h2-5,15-16H,6-9,11-12H2,1H3. The number of rotatable bonds is 4. The minimum Gasteiger partial charge on any atom is -0.383 e. The highest BCUT2D eigenvalue weighted by Gasteiger charge is 2.48. The van der Waals surface area contributed by atoms with E-state index < -0.39 is 9.84 Å². The topological polar surface area (TPSA) is 90.7 Å². The molecule has 134 valence electrons. The van der Waals surface area contributed by atoms with Crippen molar-refractivity contribution < 1.29 is 17.9 Å². The van der Waals surface area contributed by atoms with Crippen LogP contribution >= 0.6 is 0 Å². The van der Waals surface area contributed by atoms with Gasteiger partial charge < -0.3 is 9.64 Å². The van der Waals surface area contributed by atoms with Crippen molar-refractivity contribution in [2.45, 2.75) is 12.1 Å². The van der Waals surface area contributed by atoms with E-state index in [-0.39, 0.29) is 29.5 Å². The molecule has 2 atom stereocenters. The van der Waals surface area contributed by atoms with E-state index in [1.165, 1.54) is 0 Å². The average molecular weight is 363 g/mol. The van der Waals surface area contributed by atoms with Gasteiger partial charge in [-0.15, -0.1) is 0 Å². The van der Waals surface area contributed by atoms with Crippen molar-refractivity contribution in [2.75, 3.05) is 44.9 Å². The molecule has 2 unspecified atom stereocenters. The predicted molar refractivity (Wildman–Crippen MR) is 91.9 cm³/mol. The van der Waals surface area contributed by atoms with Gasteiger partial charge in [-0.3, -0.25) is 9.69 Å². The molecule has 1 aromatic rings. The zero-order valence-electron chi connectivity index (χ0n) is 14.1. The summed E-state index contributed by atoms with van der Waals surface area (Å²) in [5.41, 5.74) is 0.644. The summed E-state index contributed by atoms with van der Waals surface area (Å²) in [6.07, 6.45) is 0. The fourth-order valence-corrected chi connectivity index (χ4v) is 5.70. The van der Waals surface area contributed by atoms with Gasteiger partial charge in [0.25, 0.3) is 5.91 Å². The van der Waals surface area contributed by atoms with Crippen LogP contribution in [0.25, 0.3) is 0 Å². The Bertz CT molecular complexity index is 802. The van der Waals surface area contributed by atoms with Crippen LogP contribution in [0.4, 0.5) is 0 Å². The van der Waals surface area contributed by atoms with Gasteiger partial charge in [-0.1, -0.05) is 12.1 Å². The Balaban J connectivity index is 1.88. The Hall–Kier alpha value is -1.95. The van der Waals surface area contributed by atoms with Gasteiger partial charge in [0.2, 0.25) is 0 Å². The van der Waals surface area contributed by atoms with E-state index in [4.69, 9.17) is 4.74 Å². The predicted octanol–water partition coefficient (Wildman–Crippen LogP) is 0.128. The number of piperazine rings is 1. The van der Waals surface area contributed by atoms with Crippen LogP contribution in [0.1, 0.15) is 15.9 Å². The highest BCUT2D eigenvalue weighted by atomic mass is 32.2. The second-order valence-electron chi connectivity index (χ2n) is 6.40. The number of hydrogen-bond donors (Lipinski definition) is 0. The number of nitriles is 1. The van der Waals surface area contributed by atoms with E-state index >= 15 is 0 Å². The van der Waals surface area contributed by atoms with E-state index in [2.05, 4.69) is 4.90 Å². The molecule has 0 spiro atoms. The van der Waals surface area contributed by atoms with Gasteiger partial charge in [-0.25, -0.2) is 8.42 Å². The Labute approximate surface area is 147 Å². The van der Waals surface area contributed by atoms with E-state index in [1.54, 1.807) is 36.3 Å². The zero-order valence-corrected chi connectivity index (χ0v) is 14.9. The summed E-state index contributed by atoms with van der Waals surface area (Å²) in [5, 5.41) is 9.24. The largest absolute Gasteiger partial charge is 0.383 e. The molecular formula is C17H21N3O4S. The fraction of sp³-hybridized carbons (Fsp3) is 0.529. The number of carbonyl (C=O) groups excluding carboxylic acids is 1. The maximum absolute atomic E-state index is 13.0. The molecule has 0 bridgehead atoms. The lowest BCUT2D eigenvalue weighted by molar-refractivity contribution is 0.0247. The molecule has 8 heteroatoms. The lowest BCUT2D eigenvalue weighted by Gasteiger charge is -2.43. The average Bonchev–Trinajstić information content (AvgIpc) is 2.94. The first-order valence-electron chi connectivity index (χ1n) is 8.20. The lowest BCUT2D eigenvalue weighted by Crippen LogP contribution is -2.61. The molecule has 2 saturated heterocycles. The number of ether oxygens (including phenoxy) is 1. The molecule has 3 rings (SSSR count). The van der Waals surface area contributed by atoms with Crippen molar-refractivity contribution in [3.05, 3.63) is 35.4 Å². The summed E-state index contributed by atoms with van der Waals surface area (Å²) < 4.78 is 29.5. The third kappa shape index (κ3) is 3.54. The van der Waals surface area contributed by atoms with Crippen molar-refractivity contribution in [1.29, 1.82) is 5.26 Å². The Kier molecular flexibility index (Phi) is 5.08. The highest BCUT2D eigenvalue weighted by Crippen LogP contribution is 2.28. The highest BCUT2D eigenvalue weighted by molar-refractivity contribution is 7.91. The molecule has 7 nitrogen and oxygen atoms in total. The summed E-state index contributed by atoms with van der Waals surface area (Å²) in [7, 11) is -1.58. The van der Waals surface area contributed by atoms with Gasteiger partial charge in [0.15, 0.2) is 9.84 Å². The smallest absolute Gasteiger partial charge is 0.255 e. The second-order valence-corrected chi connectivity index (χ2v) is 8.55. The molecule has 1 amide bonds. The molecule has 2 aliphatic rings. The minimum atomic E-state index is -3.19. The third-order valence-corrected chi connectivity index (χ3v) is 6.61. The number of amides is 1. The molecule has 1 aromatic carbocycles. The van der Waals surface area contributed by atoms with Crippen molar-refractivity contribution in [1.82, 2.24) is 9.80 Å². The van der Waals surface area contributed by atoms with Crippen LogP contribution in [0.15, 0.2) is 24.3 Å². The van der Waals surface area contributed by atoms with E-state index in [9.17, 15) is 18.5 Å². The second kappa shape index (κ2) is 7.12. The Morgan fingerprint density at radius 3 is 2.72 bits per heavy atom. The monoisotopic (exact) mass is 363 g/mol. The maximum Gasteiger partial charge on any atom is 0.255 e. The molecule has 0 aliphatic carbocycles. The van der Waals surface area contributed by atoms with Gasteiger partial charge in [0.05, 0.1) is 41.4 Å². The minimum absolute atomic E-state index is 0.0262. The number of nitrogens with zero attached hydrogens (tertiary/aromatic N) is 3. The Morgan fingerprint density at radius 1 is 1.28 bits per heavy atom. The molecule has 2 aliphatic heterocycles. The molecule has 25 heavy (non-hydrogen) atoms. The first kappa shape index (κ1) is 17.9.